The van der Waals surface area contributed by atoms with E-state index in [1.54, 1.807) is 0 Å². The van der Waals surface area contributed by atoms with Crippen molar-refractivity contribution in [2.45, 2.75) is 38.5 Å². The Balaban J connectivity index is 2.07. The van der Waals surface area contributed by atoms with Gasteiger partial charge >= 0.3 is 0 Å². The minimum absolute atomic E-state index is 0.362. The third-order valence-electron chi connectivity index (χ3n) is 2.78. The first-order valence-corrected chi connectivity index (χ1v) is 5.77. The molecule has 1 fully saturated rings. The van der Waals surface area contributed by atoms with Gasteiger partial charge in [-0.15, -0.1) is 0 Å². The number of nitrogens with zero attached hydrogens (tertiary/aromatic N) is 1. The molecule has 3 heteroatoms. The van der Waals surface area contributed by atoms with Crippen molar-refractivity contribution in [2.24, 2.45) is 0 Å². The molecule has 0 aromatic carbocycles. The van der Waals surface area contributed by atoms with Crippen molar-refractivity contribution in [3.8, 4) is 0 Å². The molecule has 1 aliphatic heterocycles. The smallest absolute Gasteiger partial charge is 0.222 e. The van der Waals surface area contributed by atoms with Gasteiger partial charge in [-0.05, 0) is 45.7 Å². The number of likely N-dealkylation sites (tertiary alicyclic amines) is 1. The van der Waals surface area contributed by atoms with E-state index in [1.165, 1.54) is 19.3 Å². The van der Waals surface area contributed by atoms with E-state index in [4.69, 9.17) is 0 Å². The van der Waals surface area contributed by atoms with E-state index in [2.05, 4.69) is 5.32 Å². The van der Waals surface area contributed by atoms with Gasteiger partial charge in [0.15, 0.2) is 0 Å². The van der Waals surface area contributed by atoms with Crippen LogP contribution in [0.25, 0.3) is 0 Å². The molecule has 0 aromatic heterocycles. The van der Waals surface area contributed by atoms with Crippen LogP contribution in [0.5, 0.6) is 0 Å². The molecular formula is C11H22N2O. The van der Waals surface area contributed by atoms with Crippen LogP contribution < -0.4 is 5.32 Å². The molecule has 0 aromatic rings. The average Bonchev–Trinajstić information content (AvgIpc) is 2.25. The van der Waals surface area contributed by atoms with Crippen LogP contribution in [0.3, 0.4) is 0 Å². The Labute approximate surface area is 86.9 Å². The van der Waals surface area contributed by atoms with E-state index in [1.807, 2.05) is 11.9 Å². The highest BCUT2D eigenvalue weighted by Crippen LogP contribution is 2.10. The monoisotopic (exact) mass is 198 g/mol. The van der Waals surface area contributed by atoms with Gasteiger partial charge in [0, 0.05) is 19.5 Å². The zero-order valence-electron chi connectivity index (χ0n) is 9.22. The largest absolute Gasteiger partial charge is 0.343 e. The molecule has 1 aliphatic rings. The van der Waals surface area contributed by atoms with Crippen molar-refractivity contribution in [1.29, 1.82) is 0 Å². The Morgan fingerprint density at radius 3 is 2.57 bits per heavy atom. The molecule has 1 heterocycles. The van der Waals surface area contributed by atoms with Crippen LogP contribution in [0.2, 0.25) is 0 Å². The molecule has 0 bridgehead atoms. The lowest BCUT2D eigenvalue weighted by atomic mass is 10.1. The standard InChI is InChI=1S/C11H22N2O/c1-12-8-4-3-7-11(14)13-9-5-2-6-10-13/h12H,2-10H2,1H3. The molecule has 82 valence electrons. The first kappa shape index (κ1) is 11.5. The Bertz CT molecular complexity index is 165. The van der Waals surface area contributed by atoms with Gasteiger partial charge in [-0.2, -0.15) is 0 Å². The van der Waals surface area contributed by atoms with E-state index in [9.17, 15) is 4.79 Å². The third kappa shape index (κ3) is 4.09. The molecule has 3 nitrogen and oxygen atoms in total. The highest BCUT2D eigenvalue weighted by atomic mass is 16.2. The van der Waals surface area contributed by atoms with Gasteiger partial charge in [0.1, 0.15) is 0 Å². The summed E-state index contributed by atoms with van der Waals surface area (Å²) in [5.41, 5.74) is 0. The van der Waals surface area contributed by atoms with Gasteiger partial charge in [0.2, 0.25) is 5.91 Å². The van der Waals surface area contributed by atoms with Crippen molar-refractivity contribution >= 4 is 5.91 Å². The lowest BCUT2D eigenvalue weighted by Gasteiger charge is -2.26. The zero-order chi connectivity index (χ0) is 10.2. The summed E-state index contributed by atoms with van der Waals surface area (Å²) in [6, 6.07) is 0. The Morgan fingerprint density at radius 2 is 1.93 bits per heavy atom. The number of carbonyl (C=O) groups excluding carboxylic acids is 1. The second-order valence-corrected chi connectivity index (χ2v) is 4.00. The summed E-state index contributed by atoms with van der Waals surface area (Å²) >= 11 is 0. The lowest BCUT2D eigenvalue weighted by molar-refractivity contribution is -0.132. The van der Waals surface area contributed by atoms with E-state index in [-0.39, 0.29) is 0 Å². The maximum Gasteiger partial charge on any atom is 0.222 e. The van der Waals surface area contributed by atoms with Crippen LogP contribution in [0.15, 0.2) is 0 Å². The summed E-state index contributed by atoms with van der Waals surface area (Å²) in [7, 11) is 1.95. The second kappa shape index (κ2) is 6.82. The number of unbranched alkanes of at least 4 members (excludes halogenated alkanes) is 1. The summed E-state index contributed by atoms with van der Waals surface area (Å²) in [6.07, 6.45) is 6.56. The fourth-order valence-corrected chi connectivity index (χ4v) is 1.88. The zero-order valence-corrected chi connectivity index (χ0v) is 9.22. The van der Waals surface area contributed by atoms with Crippen LogP contribution in [-0.2, 0) is 4.79 Å². The van der Waals surface area contributed by atoms with Gasteiger partial charge in [0.05, 0.1) is 0 Å². The summed E-state index contributed by atoms with van der Waals surface area (Å²) in [4.78, 5) is 13.7. The van der Waals surface area contributed by atoms with Crippen molar-refractivity contribution in [3.05, 3.63) is 0 Å². The molecule has 0 spiro atoms. The van der Waals surface area contributed by atoms with Crippen molar-refractivity contribution in [3.63, 3.8) is 0 Å². The molecule has 0 unspecified atom stereocenters. The summed E-state index contributed by atoms with van der Waals surface area (Å²) < 4.78 is 0. The Kier molecular flexibility index (Phi) is 5.60. The molecule has 0 atom stereocenters. The Hall–Kier alpha value is -0.570. The van der Waals surface area contributed by atoms with Gasteiger partial charge < -0.3 is 10.2 Å². The van der Waals surface area contributed by atoms with E-state index in [0.717, 1.165) is 38.9 Å². The fraction of sp³-hybridized carbons (Fsp3) is 0.909. The minimum atomic E-state index is 0.362. The average molecular weight is 198 g/mol. The molecular weight excluding hydrogens is 176 g/mol. The summed E-state index contributed by atoms with van der Waals surface area (Å²) in [5, 5.41) is 3.10. The topological polar surface area (TPSA) is 32.3 Å². The van der Waals surface area contributed by atoms with Crippen molar-refractivity contribution in [1.82, 2.24) is 10.2 Å². The number of piperidine rings is 1. The number of hydrogen-bond acceptors (Lipinski definition) is 2. The second-order valence-electron chi connectivity index (χ2n) is 4.00. The highest BCUT2D eigenvalue weighted by Gasteiger charge is 2.15. The van der Waals surface area contributed by atoms with Crippen LogP contribution in [0, 0.1) is 0 Å². The van der Waals surface area contributed by atoms with Crippen LogP contribution in [-0.4, -0.2) is 37.5 Å². The lowest BCUT2D eigenvalue weighted by Crippen LogP contribution is -2.35. The van der Waals surface area contributed by atoms with Gasteiger partial charge in [0.25, 0.3) is 0 Å². The predicted molar refractivity (Wildman–Crippen MR) is 58.2 cm³/mol. The van der Waals surface area contributed by atoms with Crippen LogP contribution >= 0.6 is 0 Å². The van der Waals surface area contributed by atoms with Gasteiger partial charge in [-0.1, -0.05) is 0 Å². The summed E-state index contributed by atoms with van der Waals surface area (Å²) in [6.45, 7) is 3.00. The van der Waals surface area contributed by atoms with Gasteiger partial charge in [-0.3, -0.25) is 4.79 Å². The number of rotatable bonds is 5. The molecule has 0 aliphatic carbocycles. The normalized spacial score (nSPS) is 17.1. The van der Waals surface area contributed by atoms with Crippen molar-refractivity contribution in [2.75, 3.05) is 26.7 Å². The SMILES string of the molecule is CNCCCCC(=O)N1CCCCC1. The van der Waals surface area contributed by atoms with E-state index < -0.39 is 0 Å². The van der Waals surface area contributed by atoms with Gasteiger partial charge in [-0.25, -0.2) is 0 Å². The number of carbonyl (C=O) groups is 1. The molecule has 1 amide bonds. The number of hydrogen-bond donors (Lipinski definition) is 1. The maximum atomic E-state index is 11.7. The predicted octanol–water partition coefficient (Wildman–Crippen LogP) is 1.39. The molecule has 1 rings (SSSR count). The minimum Gasteiger partial charge on any atom is -0.343 e. The third-order valence-corrected chi connectivity index (χ3v) is 2.78. The Morgan fingerprint density at radius 1 is 1.21 bits per heavy atom. The number of amides is 1. The fourth-order valence-electron chi connectivity index (χ4n) is 1.88. The first-order chi connectivity index (χ1) is 6.84. The highest BCUT2D eigenvalue weighted by molar-refractivity contribution is 5.76. The summed E-state index contributed by atoms with van der Waals surface area (Å²) in [5.74, 6) is 0.362. The van der Waals surface area contributed by atoms with Crippen LogP contribution in [0.1, 0.15) is 38.5 Å². The molecule has 1 saturated heterocycles. The molecule has 0 saturated carbocycles. The number of nitrogens with one attached hydrogen (secondary N) is 1. The van der Waals surface area contributed by atoms with Crippen molar-refractivity contribution < 1.29 is 4.79 Å². The first-order valence-electron chi connectivity index (χ1n) is 5.77. The molecule has 0 radical (unpaired) electrons. The van der Waals surface area contributed by atoms with Crippen LogP contribution in [0.4, 0.5) is 0 Å². The maximum absolute atomic E-state index is 11.7. The molecule has 14 heavy (non-hydrogen) atoms. The van der Waals surface area contributed by atoms with E-state index >= 15 is 0 Å². The van der Waals surface area contributed by atoms with E-state index in [0.29, 0.717) is 5.91 Å². The quantitative estimate of drug-likeness (QED) is 0.677. The molecule has 1 N–H and O–H groups in total.